The molecule has 4 N–H and O–H groups in total. The summed E-state index contributed by atoms with van der Waals surface area (Å²) in [5.41, 5.74) is 2.03. The number of sulfonamides is 2. The van der Waals surface area contributed by atoms with Crippen LogP contribution in [0.15, 0.2) is 58.3 Å². The summed E-state index contributed by atoms with van der Waals surface area (Å²) in [5, 5.41) is 10.5. The Hall–Kier alpha value is -1.26. The smallest absolute Gasteiger partial charge is 0.225 e. The molecule has 2 aromatic carbocycles. The van der Waals surface area contributed by atoms with E-state index < -0.39 is 20.0 Å². The van der Waals surface area contributed by atoms with Gasteiger partial charge in [0.1, 0.15) is 0 Å². The van der Waals surface area contributed by atoms with Crippen molar-refractivity contribution >= 4 is 36.0 Å². The van der Waals surface area contributed by atoms with Gasteiger partial charge >= 0.3 is 0 Å². The van der Waals surface area contributed by atoms with E-state index in [0.717, 1.165) is 11.1 Å². The zero-order chi connectivity index (χ0) is 17.7. The second-order valence-corrected chi connectivity index (χ2v) is 8.36. The highest BCUT2D eigenvalue weighted by molar-refractivity contribution is 9.08. The Kier molecular flexibility index (Phi) is 6.90. The van der Waals surface area contributed by atoms with Crippen LogP contribution in [0.1, 0.15) is 11.1 Å². The highest BCUT2D eigenvalue weighted by Gasteiger charge is 2.06. The lowest BCUT2D eigenvalue weighted by Gasteiger charge is -1.98. The summed E-state index contributed by atoms with van der Waals surface area (Å²) in [5.74, 6) is 0. The topological polar surface area (TPSA) is 120 Å². The van der Waals surface area contributed by atoms with Gasteiger partial charge in [-0.1, -0.05) is 45.8 Å². The molecule has 0 saturated heterocycles. The number of hydrogen-bond donors (Lipinski definition) is 2. The maximum absolute atomic E-state index is 10.8. The van der Waals surface area contributed by atoms with Gasteiger partial charge in [0.25, 0.3) is 0 Å². The van der Waals surface area contributed by atoms with Crippen LogP contribution < -0.4 is 10.3 Å². The lowest BCUT2D eigenvalue weighted by Crippen LogP contribution is -2.11. The van der Waals surface area contributed by atoms with Gasteiger partial charge in [-0.15, -0.1) is 0 Å². The van der Waals surface area contributed by atoms with E-state index in [4.69, 9.17) is 10.3 Å². The van der Waals surface area contributed by atoms with Crippen LogP contribution in [0.4, 0.5) is 0 Å². The molecule has 0 spiro atoms. The SMILES string of the molecule is Cc1ccc(S(N)(=O)=O)cc1.NS(=O)(=O)c1ccc(CBr)cc1. The largest absolute Gasteiger partial charge is 0.238 e. The van der Waals surface area contributed by atoms with E-state index in [1.807, 2.05) is 6.92 Å². The predicted molar refractivity (Wildman–Crippen MR) is 93.0 cm³/mol. The van der Waals surface area contributed by atoms with Gasteiger partial charge in [-0.05, 0) is 36.8 Å². The second kappa shape index (κ2) is 8.02. The monoisotopic (exact) mass is 420 g/mol. The van der Waals surface area contributed by atoms with Crippen LogP contribution in [0.3, 0.4) is 0 Å². The number of alkyl halides is 1. The maximum Gasteiger partial charge on any atom is 0.238 e. The van der Waals surface area contributed by atoms with Gasteiger partial charge in [-0.25, -0.2) is 27.1 Å². The van der Waals surface area contributed by atoms with Gasteiger partial charge < -0.3 is 0 Å². The number of benzene rings is 2. The third kappa shape index (κ3) is 6.80. The summed E-state index contributed by atoms with van der Waals surface area (Å²) in [6, 6.07) is 12.8. The molecule has 9 heteroatoms. The minimum atomic E-state index is -3.54. The van der Waals surface area contributed by atoms with Gasteiger partial charge in [0, 0.05) is 5.33 Å². The van der Waals surface area contributed by atoms with Crippen LogP contribution in [-0.2, 0) is 25.4 Å². The lowest BCUT2D eigenvalue weighted by atomic mass is 10.2. The zero-order valence-electron chi connectivity index (χ0n) is 12.3. The highest BCUT2D eigenvalue weighted by Crippen LogP contribution is 2.10. The summed E-state index contributed by atoms with van der Waals surface area (Å²) in [4.78, 5) is 0.301. The van der Waals surface area contributed by atoms with E-state index in [-0.39, 0.29) is 9.79 Å². The molecule has 0 aromatic heterocycles. The summed E-state index contributed by atoms with van der Waals surface area (Å²) < 4.78 is 43.0. The van der Waals surface area contributed by atoms with Gasteiger partial charge in [0.15, 0.2) is 0 Å². The van der Waals surface area contributed by atoms with Crippen molar-refractivity contribution < 1.29 is 16.8 Å². The molecule has 2 rings (SSSR count). The molecule has 0 atom stereocenters. The summed E-state index contributed by atoms with van der Waals surface area (Å²) >= 11 is 3.25. The normalized spacial score (nSPS) is 11.5. The van der Waals surface area contributed by atoms with Crippen LogP contribution in [0.25, 0.3) is 0 Å². The zero-order valence-corrected chi connectivity index (χ0v) is 15.5. The molecular formula is C14H17BrN2O4S2. The molecule has 0 aliphatic rings. The average molecular weight is 421 g/mol. The molecule has 0 heterocycles. The van der Waals surface area contributed by atoms with Gasteiger partial charge in [0.2, 0.25) is 20.0 Å². The first-order chi connectivity index (χ1) is 10.5. The van der Waals surface area contributed by atoms with Crippen molar-refractivity contribution in [2.75, 3.05) is 0 Å². The minimum absolute atomic E-state index is 0.146. The Morgan fingerprint density at radius 1 is 0.783 bits per heavy atom. The molecule has 2 aromatic rings. The Balaban J connectivity index is 0.000000231. The fraction of sp³-hybridized carbons (Fsp3) is 0.143. The Morgan fingerprint density at radius 3 is 1.43 bits per heavy atom. The fourth-order valence-corrected chi connectivity index (χ4v) is 2.90. The third-order valence-corrected chi connectivity index (χ3v) is 5.26. The number of rotatable bonds is 3. The number of nitrogens with two attached hydrogens (primary N) is 2. The Bertz CT molecular complexity index is 847. The summed E-state index contributed by atoms with van der Waals surface area (Å²) in [6.07, 6.45) is 0. The third-order valence-electron chi connectivity index (χ3n) is 2.76. The first kappa shape index (κ1) is 19.8. The highest BCUT2D eigenvalue weighted by atomic mass is 79.9. The average Bonchev–Trinajstić information content (AvgIpc) is 2.46. The second-order valence-electron chi connectivity index (χ2n) is 4.68. The summed E-state index contributed by atoms with van der Waals surface area (Å²) in [6.45, 7) is 1.88. The standard InChI is InChI=1S/C7H8BrNO2S.C7H9NO2S/c8-5-6-1-3-7(4-2-6)12(9,10)11;1-6-2-4-7(5-3-6)11(8,9)10/h1-4H,5H2,(H2,9,10,11);2-5H,1H3,(H2,8,9,10). The molecule has 0 fully saturated rings. The van der Waals surface area contributed by atoms with Crippen LogP contribution in [0, 0.1) is 6.92 Å². The van der Waals surface area contributed by atoms with E-state index in [1.54, 1.807) is 24.3 Å². The van der Waals surface area contributed by atoms with Crippen LogP contribution in [-0.4, -0.2) is 16.8 Å². The molecule has 0 unspecified atom stereocenters. The Labute approximate surface area is 144 Å². The van der Waals surface area contributed by atoms with Crippen molar-refractivity contribution in [3.05, 3.63) is 59.7 Å². The lowest BCUT2D eigenvalue weighted by molar-refractivity contribution is 0.596. The number of hydrogen-bond acceptors (Lipinski definition) is 4. The van der Waals surface area contributed by atoms with Crippen molar-refractivity contribution in [1.82, 2.24) is 0 Å². The molecular weight excluding hydrogens is 404 g/mol. The summed E-state index contributed by atoms with van der Waals surface area (Å²) in [7, 11) is -7.06. The van der Waals surface area contributed by atoms with Crippen molar-refractivity contribution in [2.24, 2.45) is 10.3 Å². The van der Waals surface area contributed by atoms with Crippen molar-refractivity contribution in [2.45, 2.75) is 22.0 Å². The molecule has 0 aliphatic heterocycles. The molecule has 0 aliphatic carbocycles. The molecule has 0 radical (unpaired) electrons. The quantitative estimate of drug-likeness (QED) is 0.735. The minimum Gasteiger partial charge on any atom is -0.225 e. The van der Waals surface area contributed by atoms with E-state index in [0.29, 0.717) is 5.33 Å². The number of aryl methyl sites for hydroxylation is 1. The first-order valence-corrected chi connectivity index (χ1v) is 10.5. The predicted octanol–water partition coefficient (Wildman–Crippen LogP) is 1.87. The van der Waals surface area contributed by atoms with Gasteiger partial charge in [-0.2, -0.15) is 0 Å². The molecule has 0 saturated carbocycles. The van der Waals surface area contributed by atoms with E-state index in [9.17, 15) is 16.8 Å². The van der Waals surface area contributed by atoms with Gasteiger partial charge in [0.05, 0.1) is 9.79 Å². The fourth-order valence-electron chi connectivity index (χ4n) is 1.50. The number of primary sulfonamides is 2. The molecule has 0 amide bonds. The maximum atomic E-state index is 10.8. The van der Waals surface area contributed by atoms with Crippen LogP contribution in [0.2, 0.25) is 0 Å². The van der Waals surface area contributed by atoms with Crippen LogP contribution >= 0.6 is 15.9 Å². The molecule has 23 heavy (non-hydrogen) atoms. The van der Waals surface area contributed by atoms with E-state index in [1.165, 1.54) is 24.3 Å². The van der Waals surface area contributed by atoms with Gasteiger partial charge in [-0.3, -0.25) is 0 Å². The molecule has 6 nitrogen and oxygen atoms in total. The first-order valence-electron chi connectivity index (χ1n) is 6.31. The molecule has 0 bridgehead atoms. The Morgan fingerprint density at radius 2 is 1.13 bits per heavy atom. The van der Waals surface area contributed by atoms with Crippen molar-refractivity contribution in [1.29, 1.82) is 0 Å². The van der Waals surface area contributed by atoms with E-state index >= 15 is 0 Å². The van der Waals surface area contributed by atoms with Crippen molar-refractivity contribution in [3.8, 4) is 0 Å². The number of halogens is 1. The van der Waals surface area contributed by atoms with Crippen molar-refractivity contribution in [3.63, 3.8) is 0 Å². The van der Waals surface area contributed by atoms with Crippen LogP contribution in [0.5, 0.6) is 0 Å². The van der Waals surface area contributed by atoms with E-state index in [2.05, 4.69) is 15.9 Å². The molecule has 126 valence electrons.